The Balaban J connectivity index is 2.35. The fraction of sp³-hybridized carbons (Fsp3) is 0.176. The van der Waals surface area contributed by atoms with E-state index < -0.39 is 23.3 Å². The largest absolute Gasteiger partial charge is 0.462 e. The van der Waals surface area contributed by atoms with Gasteiger partial charge in [0.25, 0.3) is 17.4 Å². The molecular weight excluding hydrogens is 326 g/mol. The number of ether oxygens (including phenoxy) is 1. The van der Waals surface area contributed by atoms with E-state index in [1.807, 2.05) is 0 Å². The van der Waals surface area contributed by atoms with Crippen LogP contribution in [0.3, 0.4) is 0 Å². The van der Waals surface area contributed by atoms with E-state index in [4.69, 9.17) is 10.5 Å². The number of fused-ring (bicyclic) bond motifs is 1. The van der Waals surface area contributed by atoms with Crippen LogP contribution in [0.15, 0.2) is 29.1 Å². The van der Waals surface area contributed by atoms with Crippen molar-refractivity contribution in [2.24, 2.45) is 0 Å². The molecule has 0 radical (unpaired) electrons. The molecule has 2 heterocycles. The number of nitrogens with two attached hydrogens (primary N) is 1. The minimum absolute atomic E-state index is 0.0741. The first-order chi connectivity index (χ1) is 11.9. The number of carbonyl (C=O) groups is 3. The lowest BCUT2D eigenvalue weighted by Crippen LogP contribution is -2.26. The van der Waals surface area contributed by atoms with Gasteiger partial charge in [0.15, 0.2) is 0 Å². The summed E-state index contributed by atoms with van der Waals surface area (Å²) < 4.78 is 6.08. The molecule has 0 bridgehead atoms. The van der Waals surface area contributed by atoms with E-state index in [1.165, 1.54) is 6.07 Å². The first kappa shape index (κ1) is 16.4. The predicted octanol–water partition coefficient (Wildman–Crippen LogP) is 0.788. The number of pyridine rings is 1. The Morgan fingerprint density at radius 2 is 1.96 bits per heavy atom. The molecule has 3 N–H and O–H groups in total. The topological polar surface area (TPSA) is 120 Å². The molecule has 0 unspecified atom stereocenters. The van der Waals surface area contributed by atoms with Crippen LogP contribution in [0, 0.1) is 6.92 Å². The number of anilines is 1. The minimum atomic E-state index is -0.683. The van der Waals surface area contributed by atoms with E-state index >= 15 is 0 Å². The van der Waals surface area contributed by atoms with E-state index in [1.54, 1.807) is 26.0 Å². The molecular formula is C17H15N3O5. The lowest BCUT2D eigenvalue weighted by molar-refractivity contribution is 0.0526. The van der Waals surface area contributed by atoms with Crippen molar-refractivity contribution >= 4 is 23.6 Å². The monoisotopic (exact) mass is 341 g/mol. The van der Waals surface area contributed by atoms with Crippen LogP contribution >= 0.6 is 0 Å². The van der Waals surface area contributed by atoms with Crippen molar-refractivity contribution in [1.82, 2.24) is 9.88 Å². The molecule has 25 heavy (non-hydrogen) atoms. The highest BCUT2D eigenvalue weighted by Gasteiger charge is 2.32. The fourth-order valence-electron chi connectivity index (χ4n) is 2.84. The van der Waals surface area contributed by atoms with Crippen LogP contribution in [0.25, 0.3) is 5.69 Å². The van der Waals surface area contributed by atoms with E-state index in [2.05, 4.69) is 5.32 Å². The standard InChI is InChI=1S/C17H15N3O5/c1-3-25-17(24)9-6-4-5-8(2)13(9)20-11(21)7-10-12(14(20)18)16(23)19-15(10)22/h4-7H,3,18H2,1-2H3,(H,19,22,23). The maximum Gasteiger partial charge on any atom is 0.340 e. The van der Waals surface area contributed by atoms with Crippen LogP contribution in [-0.4, -0.2) is 29.0 Å². The number of carbonyl (C=O) groups excluding carboxylic acids is 3. The number of hydrogen-bond donors (Lipinski definition) is 2. The number of aromatic nitrogens is 1. The van der Waals surface area contributed by atoms with Crippen LogP contribution in [0.4, 0.5) is 5.82 Å². The fourth-order valence-corrected chi connectivity index (χ4v) is 2.84. The Labute approximate surface area is 142 Å². The molecule has 0 spiro atoms. The highest BCUT2D eigenvalue weighted by molar-refractivity contribution is 6.23. The molecule has 1 aromatic heterocycles. The zero-order valence-corrected chi connectivity index (χ0v) is 13.6. The van der Waals surface area contributed by atoms with Gasteiger partial charge in [-0.05, 0) is 25.5 Å². The number of nitrogens with zero attached hydrogens (tertiary/aromatic N) is 1. The van der Waals surface area contributed by atoms with E-state index in [0.29, 0.717) is 5.56 Å². The van der Waals surface area contributed by atoms with Crippen LogP contribution in [-0.2, 0) is 4.74 Å². The Hall–Kier alpha value is -3.42. The summed E-state index contributed by atoms with van der Waals surface area (Å²) in [5, 5.41) is 2.10. The summed E-state index contributed by atoms with van der Waals surface area (Å²) in [7, 11) is 0. The third kappa shape index (κ3) is 2.47. The van der Waals surface area contributed by atoms with Gasteiger partial charge < -0.3 is 10.5 Å². The average molecular weight is 341 g/mol. The molecule has 128 valence electrons. The van der Waals surface area contributed by atoms with Gasteiger partial charge in [0.2, 0.25) is 0 Å². The number of imide groups is 1. The molecule has 3 rings (SSSR count). The van der Waals surface area contributed by atoms with Gasteiger partial charge in [0, 0.05) is 6.07 Å². The molecule has 2 amide bonds. The molecule has 0 fully saturated rings. The molecule has 8 heteroatoms. The van der Waals surface area contributed by atoms with Gasteiger partial charge in [0.1, 0.15) is 5.82 Å². The highest BCUT2D eigenvalue weighted by Crippen LogP contribution is 2.26. The van der Waals surface area contributed by atoms with Gasteiger partial charge in [-0.3, -0.25) is 24.3 Å². The Morgan fingerprint density at radius 1 is 1.24 bits per heavy atom. The number of nitrogen functional groups attached to an aromatic ring is 1. The average Bonchev–Trinajstić information content (AvgIpc) is 2.83. The van der Waals surface area contributed by atoms with Crippen molar-refractivity contribution < 1.29 is 19.1 Å². The maximum absolute atomic E-state index is 12.6. The van der Waals surface area contributed by atoms with E-state index in [-0.39, 0.29) is 34.8 Å². The predicted molar refractivity (Wildman–Crippen MR) is 88.9 cm³/mol. The third-order valence-corrected chi connectivity index (χ3v) is 3.91. The van der Waals surface area contributed by atoms with Gasteiger partial charge in [-0.1, -0.05) is 12.1 Å². The molecule has 1 aliphatic rings. The van der Waals surface area contributed by atoms with Crippen LogP contribution in [0.5, 0.6) is 0 Å². The second-order valence-electron chi connectivity index (χ2n) is 5.47. The van der Waals surface area contributed by atoms with Crippen molar-refractivity contribution in [2.45, 2.75) is 13.8 Å². The van der Waals surface area contributed by atoms with Crippen molar-refractivity contribution in [1.29, 1.82) is 0 Å². The van der Waals surface area contributed by atoms with Gasteiger partial charge >= 0.3 is 5.97 Å². The van der Waals surface area contributed by atoms with E-state index in [0.717, 1.165) is 10.6 Å². The van der Waals surface area contributed by atoms with Gasteiger partial charge in [-0.15, -0.1) is 0 Å². The van der Waals surface area contributed by atoms with Crippen molar-refractivity contribution in [3.8, 4) is 5.69 Å². The third-order valence-electron chi connectivity index (χ3n) is 3.91. The lowest BCUT2D eigenvalue weighted by Gasteiger charge is -2.17. The Morgan fingerprint density at radius 3 is 2.64 bits per heavy atom. The van der Waals surface area contributed by atoms with Crippen molar-refractivity contribution in [2.75, 3.05) is 12.3 Å². The molecule has 1 aromatic carbocycles. The molecule has 1 aliphatic heterocycles. The summed E-state index contributed by atoms with van der Waals surface area (Å²) in [4.78, 5) is 48.6. The first-order valence-corrected chi connectivity index (χ1v) is 7.55. The van der Waals surface area contributed by atoms with Crippen LogP contribution in [0.2, 0.25) is 0 Å². The molecule has 0 atom stereocenters. The van der Waals surface area contributed by atoms with Gasteiger partial charge in [0.05, 0.1) is 29.0 Å². The van der Waals surface area contributed by atoms with E-state index in [9.17, 15) is 19.2 Å². The Bertz CT molecular complexity index is 991. The second-order valence-corrected chi connectivity index (χ2v) is 5.47. The van der Waals surface area contributed by atoms with Crippen LogP contribution < -0.4 is 16.6 Å². The number of rotatable bonds is 3. The van der Waals surface area contributed by atoms with Gasteiger partial charge in [-0.25, -0.2) is 4.79 Å². The summed E-state index contributed by atoms with van der Waals surface area (Å²) in [5.74, 6) is -2.18. The summed E-state index contributed by atoms with van der Waals surface area (Å²) in [6, 6.07) is 5.89. The zero-order chi connectivity index (χ0) is 18.3. The number of aryl methyl sites for hydroxylation is 1. The molecule has 0 saturated carbocycles. The summed E-state index contributed by atoms with van der Waals surface area (Å²) in [5.41, 5.74) is 6.20. The zero-order valence-electron chi connectivity index (χ0n) is 13.6. The SMILES string of the molecule is CCOC(=O)c1cccc(C)c1-n1c(N)c2c(cc1=O)C(=O)NC2=O. The number of esters is 1. The number of para-hydroxylation sites is 1. The molecule has 2 aromatic rings. The van der Waals surface area contributed by atoms with Gasteiger partial charge in [-0.2, -0.15) is 0 Å². The summed E-state index contributed by atoms with van der Waals surface area (Å²) >= 11 is 0. The second kappa shape index (κ2) is 5.90. The smallest absolute Gasteiger partial charge is 0.340 e. The van der Waals surface area contributed by atoms with Crippen molar-refractivity contribution in [3.63, 3.8) is 0 Å². The Kier molecular flexibility index (Phi) is 3.88. The molecule has 8 nitrogen and oxygen atoms in total. The first-order valence-electron chi connectivity index (χ1n) is 7.55. The van der Waals surface area contributed by atoms with Crippen molar-refractivity contribution in [3.05, 3.63) is 56.9 Å². The number of amides is 2. The number of benzene rings is 1. The highest BCUT2D eigenvalue weighted by atomic mass is 16.5. The normalized spacial score (nSPS) is 12.7. The number of hydrogen-bond acceptors (Lipinski definition) is 6. The quantitative estimate of drug-likeness (QED) is 0.629. The summed E-state index contributed by atoms with van der Waals surface area (Å²) in [6.07, 6.45) is 0. The lowest BCUT2D eigenvalue weighted by atomic mass is 10.1. The molecule has 0 aliphatic carbocycles. The van der Waals surface area contributed by atoms with Crippen LogP contribution in [0.1, 0.15) is 43.6 Å². The minimum Gasteiger partial charge on any atom is -0.462 e. The molecule has 0 saturated heterocycles. The number of nitrogens with one attached hydrogen (secondary N) is 1. The summed E-state index contributed by atoms with van der Waals surface area (Å²) in [6.45, 7) is 3.53. The maximum atomic E-state index is 12.6.